The van der Waals surface area contributed by atoms with E-state index in [0.29, 0.717) is 11.3 Å². The highest BCUT2D eigenvalue weighted by Crippen LogP contribution is 2.22. The standard InChI is InChI=1S/C5H4O4/c6-5-3-1-8-9-4(3)2-7-5/h1-2H2. The van der Waals surface area contributed by atoms with E-state index in [9.17, 15) is 4.79 Å². The van der Waals surface area contributed by atoms with Crippen LogP contribution in [0.2, 0.25) is 0 Å². The molecule has 0 fully saturated rings. The van der Waals surface area contributed by atoms with Gasteiger partial charge in [-0.1, -0.05) is 0 Å². The normalized spacial score (nSPS) is 23.8. The highest BCUT2D eigenvalue weighted by atomic mass is 17.2. The van der Waals surface area contributed by atoms with E-state index >= 15 is 0 Å². The van der Waals surface area contributed by atoms with Crippen molar-refractivity contribution in [1.29, 1.82) is 0 Å². The minimum Gasteiger partial charge on any atom is -0.454 e. The number of hydrogen-bond donors (Lipinski definition) is 0. The molecule has 0 N–H and O–H groups in total. The van der Waals surface area contributed by atoms with E-state index in [0.717, 1.165) is 0 Å². The van der Waals surface area contributed by atoms with Gasteiger partial charge >= 0.3 is 5.97 Å². The number of ether oxygens (including phenoxy) is 1. The van der Waals surface area contributed by atoms with Crippen molar-refractivity contribution < 1.29 is 19.3 Å². The molecule has 0 saturated heterocycles. The minimum absolute atomic E-state index is 0.230. The van der Waals surface area contributed by atoms with Crippen LogP contribution in [0.4, 0.5) is 0 Å². The van der Waals surface area contributed by atoms with Crippen LogP contribution in [0.15, 0.2) is 11.3 Å². The highest BCUT2D eigenvalue weighted by molar-refractivity contribution is 5.91. The molecule has 0 aromatic carbocycles. The highest BCUT2D eigenvalue weighted by Gasteiger charge is 2.32. The fourth-order valence-electron chi connectivity index (χ4n) is 0.792. The Kier molecular flexibility index (Phi) is 0.790. The molecule has 0 aromatic heterocycles. The Morgan fingerprint density at radius 1 is 1.33 bits per heavy atom. The summed E-state index contributed by atoms with van der Waals surface area (Å²) in [4.78, 5) is 19.7. The summed E-state index contributed by atoms with van der Waals surface area (Å²) < 4.78 is 4.60. The van der Waals surface area contributed by atoms with E-state index in [1.165, 1.54) is 0 Å². The van der Waals surface area contributed by atoms with Gasteiger partial charge in [0.2, 0.25) is 0 Å². The second kappa shape index (κ2) is 1.48. The van der Waals surface area contributed by atoms with E-state index in [1.807, 2.05) is 0 Å². The van der Waals surface area contributed by atoms with Gasteiger partial charge in [0, 0.05) is 0 Å². The maximum absolute atomic E-state index is 10.6. The second-order valence-electron chi connectivity index (χ2n) is 1.82. The smallest absolute Gasteiger partial charge is 0.340 e. The van der Waals surface area contributed by atoms with Crippen molar-refractivity contribution >= 4 is 5.97 Å². The number of esters is 1. The van der Waals surface area contributed by atoms with Crippen LogP contribution in [-0.4, -0.2) is 19.2 Å². The van der Waals surface area contributed by atoms with E-state index in [1.54, 1.807) is 0 Å². The third-order valence-electron chi connectivity index (χ3n) is 1.28. The molecule has 4 heteroatoms. The van der Waals surface area contributed by atoms with Crippen LogP contribution in [0.5, 0.6) is 0 Å². The number of cyclic esters (lactones) is 1. The molecular formula is C5H4O4. The van der Waals surface area contributed by atoms with Gasteiger partial charge < -0.3 is 9.62 Å². The molecule has 0 aromatic rings. The van der Waals surface area contributed by atoms with Gasteiger partial charge in [-0.05, 0) is 0 Å². The van der Waals surface area contributed by atoms with Crippen molar-refractivity contribution in [2.75, 3.05) is 13.2 Å². The average molecular weight is 128 g/mol. The monoisotopic (exact) mass is 128 g/mol. The summed E-state index contributed by atoms with van der Waals surface area (Å²) in [6.07, 6.45) is 0. The SMILES string of the molecule is O=C1OCC2=C1COO2. The Morgan fingerprint density at radius 3 is 3.00 bits per heavy atom. The summed E-state index contributed by atoms with van der Waals surface area (Å²) in [6.45, 7) is 0.461. The van der Waals surface area contributed by atoms with Crippen LogP contribution < -0.4 is 0 Å². The molecule has 0 bridgehead atoms. The molecule has 0 aliphatic carbocycles. The molecule has 0 amide bonds. The molecule has 48 valence electrons. The lowest BCUT2D eigenvalue weighted by atomic mass is 10.3. The quantitative estimate of drug-likeness (QED) is 0.333. The number of carbonyl (C=O) groups is 1. The van der Waals surface area contributed by atoms with Gasteiger partial charge in [0.05, 0.1) is 0 Å². The van der Waals surface area contributed by atoms with Gasteiger partial charge in [0.15, 0.2) is 12.4 Å². The summed E-state index contributed by atoms with van der Waals surface area (Å²) in [6, 6.07) is 0. The van der Waals surface area contributed by atoms with E-state index in [2.05, 4.69) is 14.5 Å². The van der Waals surface area contributed by atoms with Crippen LogP contribution in [0.3, 0.4) is 0 Å². The van der Waals surface area contributed by atoms with Crippen LogP contribution in [0, 0.1) is 0 Å². The fourth-order valence-corrected chi connectivity index (χ4v) is 0.792. The largest absolute Gasteiger partial charge is 0.454 e. The van der Waals surface area contributed by atoms with Crippen LogP contribution in [0.1, 0.15) is 0 Å². The van der Waals surface area contributed by atoms with Crippen molar-refractivity contribution in [1.82, 2.24) is 0 Å². The van der Waals surface area contributed by atoms with E-state index < -0.39 is 0 Å². The van der Waals surface area contributed by atoms with Gasteiger partial charge in [-0.25, -0.2) is 4.79 Å². The van der Waals surface area contributed by atoms with Crippen LogP contribution >= 0.6 is 0 Å². The zero-order chi connectivity index (χ0) is 6.27. The molecule has 2 rings (SSSR count). The summed E-state index contributed by atoms with van der Waals surface area (Å²) in [7, 11) is 0. The van der Waals surface area contributed by atoms with E-state index in [-0.39, 0.29) is 19.2 Å². The Labute approximate surface area is 50.9 Å². The lowest BCUT2D eigenvalue weighted by molar-refractivity contribution is -0.240. The van der Waals surface area contributed by atoms with Crippen molar-refractivity contribution in [3.05, 3.63) is 11.3 Å². The van der Waals surface area contributed by atoms with Gasteiger partial charge in [0.1, 0.15) is 12.2 Å². The molecular weight excluding hydrogens is 124 g/mol. The van der Waals surface area contributed by atoms with Crippen molar-refractivity contribution in [3.63, 3.8) is 0 Å². The molecule has 0 unspecified atom stereocenters. The summed E-state index contributed by atoms with van der Waals surface area (Å²) >= 11 is 0. The predicted molar refractivity (Wildman–Crippen MR) is 25.0 cm³/mol. The van der Waals surface area contributed by atoms with E-state index in [4.69, 9.17) is 0 Å². The molecule has 0 atom stereocenters. The molecule has 0 radical (unpaired) electrons. The summed E-state index contributed by atoms with van der Waals surface area (Å²) in [5.41, 5.74) is 0.523. The maximum atomic E-state index is 10.6. The van der Waals surface area contributed by atoms with Crippen molar-refractivity contribution in [2.24, 2.45) is 0 Å². The zero-order valence-electron chi connectivity index (χ0n) is 4.55. The first kappa shape index (κ1) is 4.81. The first-order valence-corrected chi connectivity index (χ1v) is 2.56. The van der Waals surface area contributed by atoms with Crippen molar-refractivity contribution in [2.45, 2.75) is 0 Å². The zero-order valence-corrected chi connectivity index (χ0v) is 4.55. The summed E-state index contributed by atoms with van der Waals surface area (Å²) in [5.74, 6) is 0.211. The topological polar surface area (TPSA) is 44.8 Å². The van der Waals surface area contributed by atoms with Crippen LogP contribution in [0.25, 0.3) is 0 Å². The Bertz CT molecular complexity index is 193. The molecule has 0 saturated carbocycles. The Hall–Kier alpha value is -1.03. The fraction of sp³-hybridized carbons (Fsp3) is 0.400. The molecule has 0 spiro atoms. The van der Waals surface area contributed by atoms with Crippen LogP contribution in [-0.2, 0) is 19.3 Å². The van der Waals surface area contributed by atoms with Gasteiger partial charge in [-0.15, -0.1) is 0 Å². The first-order valence-electron chi connectivity index (χ1n) is 2.56. The van der Waals surface area contributed by atoms with Gasteiger partial charge in [-0.2, -0.15) is 4.89 Å². The Morgan fingerprint density at radius 2 is 2.22 bits per heavy atom. The lowest BCUT2D eigenvalue weighted by Gasteiger charge is -1.96. The number of hydrogen-bond acceptors (Lipinski definition) is 4. The third kappa shape index (κ3) is 0.533. The maximum Gasteiger partial charge on any atom is 0.340 e. The molecule has 2 aliphatic heterocycles. The molecule has 2 heterocycles. The second-order valence-corrected chi connectivity index (χ2v) is 1.82. The van der Waals surface area contributed by atoms with Gasteiger partial charge in [-0.3, -0.25) is 0 Å². The van der Waals surface area contributed by atoms with Gasteiger partial charge in [0.25, 0.3) is 0 Å². The predicted octanol–water partition coefficient (Wildman–Crippen LogP) is -0.241. The lowest BCUT2D eigenvalue weighted by Crippen LogP contribution is -2.03. The first-order chi connectivity index (χ1) is 4.38. The third-order valence-corrected chi connectivity index (χ3v) is 1.28. The number of rotatable bonds is 0. The Balaban J connectivity index is 2.34. The molecule has 9 heavy (non-hydrogen) atoms. The molecule has 4 nitrogen and oxygen atoms in total. The summed E-state index contributed by atoms with van der Waals surface area (Å²) in [5, 5.41) is 0. The minimum atomic E-state index is -0.317. The molecule has 2 aliphatic rings. The van der Waals surface area contributed by atoms with Crippen molar-refractivity contribution in [3.8, 4) is 0 Å². The average Bonchev–Trinajstić information content (AvgIpc) is 2.35. The number of carbonyl (C=O) groups excluding carboxylic acids is 1.